The van der Waals surface area contributed by atoms with Crippen LogP contribution in [0.4, 0.5) is 0 Å². The Labute approximate surface area is 156 Å². The monoisotopic (exact) mass is 355 g/mol. The van der Waals surface area contributed by atoms with Crippen LogP contribution < -0.4 is 14.8 Å². The maximum absolute atomic E-state index is 12.5. The lowest BCUT2D eigenvalue weighted by Crippen LogP contribution is -2.37. The highest BCUT2D eigenvalue weighted by Crippen LogP contribution is 2.27. The Morgan fingerprint density at radius 1 is 1.00 bits per heavy atom. The summed E-state index contributed by atoms with van der Waals surface area (Å²) in [7, 11) is 0. The number of nitrogens with one attached hydrogen (secondary N) is 1. The fraction of sp³-hybridized carbons (Fsp3) is 0.409. The van der Waals surface area contributed by atoms with Gasteiger partial charge < -0.3 is 14.8 Å². The third-order valence-electron chi connectivity index (χ3n) is 4.26. The molecule has 1 amide bonds. The zero-order valence-electron chi connectivity index (χ0n) is 16.3. The van der Waals surface area contributed by atoms with Crippen LogP contribution in [0.3, 0.4) is 0 Å². The summed E-state index contributed by atoms with van der Waals surface area (Å²) in [5.41, 5.74) is 2.13. The van der Waals surface area contributed by atoms with Gasteiger partial charge in [0.1, 0.15) is 11.5 Å². The minimum absolute atomic E-state index is 0.107. The van der Waals surface area contributed by atoms with E-state index in [4.69, 9.17) is 9.47 Å². The fourth-order valence-corrected chi connectivity index (χ4v) is 2.74. The van der Waals surface area contributed by atoms with Crippen LogP contribution in [0, 0.1) is 0 Å². The van der Waals surface area contributed by atoms with Gasteiger partial charge in [0.05, 0.1) is 12.6 Å². The number of benzene rings is 2. The van der Waals surface area contributed by atoms with Gasteiger partial charge in [-0.2, -0.15) is 0 Å². The summed E-state index contributed by atoms with van der Waals surface area (Å²) < 4.78 is 11.4. The highest BCUT2D eigenvalue weighted by molar-refractivity contribution is 5.81. The topological polar surface area (TPSA) is 47.6 Å². The molecule has 0 saturated heterocycles. The first-order valence-electron chi connectivity index (χ1n) is 9.21. The largest absolute Gasteiger partial charge is 0.494 e. The molecule has 0 saturated carbocycles. The number of hydrogen-bond donors (Lipinski definition) is 1. The van der Waals surface area contributed by atoms with Crippen molar-refractivity contribution in [1.82, 2.24) is 5.32 Å². The van der Waals surface area contributed by atoms with E-state index in [0.717, 1.165) is 22.6 Å². The number of carbonyl (C=O) groups is 1. The summed E-state index contributed by atoms with van der Waals surface area (Å²) in [4.78, 5) is 12.5. The minimum atomic E-state index is -0.569. The number of amides is 1. The van der Waals surface area contributed by atoms with E-state index in [-0.39, 0.29) is 11.9 Å². The zero-order valence-corrected chi connectivity index (χ0v) is 16.3. The van der Waals surface area contributed by atoms with Crippen LogP contribution in [0.1, 0.15) is 57.7 Å². The molecule has 2 aromatic carbocycles. The van der Waals surface area contributed by atoms with Crippen molar-refractivity contribution in [3.05, 3.63) is 59.7 Å². The number of carbonyl (C=O) groups excluding carboxylic acids is 1. The van der Waals surface area contributed by atoms with E-state index in [2.05, 4.69) is 19.2 Å². The third kappa shape index (κ3) is 5.25. The van der Waals surface area contributed by atoms with Gasteiger partial charge in [-0.05, 0) is 56.0 Å². The molecule has 0 aliphatic heterocycles. The molecule has 140 valence electrons. The molecule has 0 heterocycles. The van der Waals surface area contributed by atoms with Gasteiger partial charge in [-0.1, -0.05) is 44.2 Å². The molecule has 2 rings (SSSR count). The van der Waals surface area contributed by atoms with Gasteiger partial charge in [-0.25, -0.2) is 0 Å². The van der Waals surface area contributed by atoms with Crippen LogP contribution in [-0.2, 0) is 4.79 Å². The van der Waals surface area contributed by atoms with E-state index in [1.807, 2.05) is 62.4 Å². The number of ether oxygens (including phenoxy) is 2. The van der Waals surface area contributed by atoms with Crippen molar-refractivity contribution in [3.8, 4) is 11.5 Å². The van der Waals surface area contributed by atoms with E-state index in [1.54, 1.807) is 6.92 Å². The van der Waals surface area contributed by atoms with Crippen LogP contribution >= 0.6 is 0 Å². The highest BCUT2D eigenvalue weighted by Gasteiger charge is 2.19. The summed E-state index contributed by atoms with van der Waals surface area (Å²) in [6.45, 7) is 10.6. The molecule has 0 bridgehead atoms. The lowest BCUT2D eigenvalue weighted by molar-refractivity contribution is -0.127. The predicted molar refractivity (Wildman–Crippen MR) is 105 cm³/mol. The van der Waals surface area contributed by atoms with Crippen LogP contribution in [0.15, 0.2) is 48.5 Å². The van der Waals surface area contributed by atoms with Crippen LogP contribution in [0.5, 0.6) is 11.5 Å². The Hall–Kier alpha value is -2.49. The summed E-state index contributed by atoms with van der Waals surface area (Å²) in [6.07, 6.45) is -0.569. The minimum Gasteiger partial charge on any atom is -0.494 e. The van der Waals surface area contributed by atoms with Gasteiger partial charge in [0.15, 0.2) is 6.10 Å². The molecule has 4 nitrogen and oxygen atoms in total. The van der Waals surface area contributed by atoms with Crippen molar-refractivity contribution >= 4 is 5.91 Å². The molecule has 0 radical (unpaired) electrons. The summed E-state index contributed by atoms with van der Waals surface area (Å²) in [5.74, 6) is 1.80. The summed E-state index contributed by atoms with van der Waals surface area (Å²) in [5, 5.41) is 3.01. The maximum atomic E-state index is 12.5. The molecule has 0 aliphatic rings. The second kappa shape index (κ2) is 9.27. The Kier molecular flexibility index (Phi) is 7.07. The highest BCUT2D eigenvalue weighted by atomic mass is 16.5. The molecule has 2 aromatic rings. The molecule has 0 unspecified atom stereocenters. The predicted octanol–water partition coefficient (Wildman–Crippen LogP) is 4.85. The van der Waals surface area contributed by atoms with Crippen molar-refractivity contribution in [1.29, 1.82) is 0 Å². The van der Waals surface area contributed by atoms with Crippen LogP contribution in [0.2, 0.25) is 0 Å². The second-order valence-electron chi connectivity index (χ2n) is 6.68. The first-order chi connectivity index (χ1) is 12.4. The quantitative estimate of drug-likeness (QED) is 0.736. The fourth-order valence-electron chi connectivity index (χ4n) is 2.74. The van der Waals surface area contributed by atoms with Gasteiger partial charge in [-0.15, -0.1) is 0 Å². The van der Waals surface area contributed by atoms with E-state index in [1.165, 1.54) is 0 Å². The van der Waals surface area contributed by atoms with E-state index < -0.39 is 6.10 Å². The first-order valence-corrected chi connectivity index (χ1v) is 9.21. The average molecular weight is 355 g/mol. The number of para-hydroxylation sites is 1. The lowest BCUT2D eigenvalue weighted by Gasteiger charge is -2.21. The maximum Gasteiger partial charge on any atom is 0.261 e. The number of hydrogen-bond acceptors (Lipinski definition) is 3. The van der Waals surface area contributed by atoms with Crippen LogP contribution in [-0.4, -0.2) is 18.6 Å². The van der Waals surface area contributed by atoms with Crippen molar-refractivity contribution in [2.75, 3.05) is 6.61 Å². The van der Waals surface area contributed by atoms with Gasteiger partial charge in [0.2, 0.25) is 0 Å². The molecule has 0 spiro atoms. The molecule has 4 heteroatoms. The van der Waals surface area contributed by atoms with Crippen molar-refractivity contribution in [2.45, 2.75) is 52.7 Å². The molecular formula is C22H29NO3. The van der Waals surface area contributed by atoms with Crippen molar-refractivity contribution < 1.29 is 14.3 Å². The summed E-state index contributed by atoms with van der Waals surface area (Å²) >= 11 is 0. The Morgan fingerprint density at radius 2 is 1.65 bits per heavy atom. The smallest absolute Gasteiger partial charge is 0.261 e. The van der Waals surface area contributed by atoms with Gasteiger partial charge >= 0.3 is 0 Å². The number of rotatable bonds is 8. The molecule has 2 atom stereocenters. The Balaban J connectivity index is 1.98. The molecule has 0 aromatic heterocycles. The van der Waals surface area contributed by atoms with E-state index in [9.17, 15) is 4.79 Å². The lowest BCUT2D eigenvalue weighted by atomic mass is 10.0. The SMILES string of the molecule is CCOc1ccc([C@@H](C)NC(=O)[C@H](C)Oc2ccccc2C(C)C)cc1. The van der Waals surface area contributed by atoms with Crippen molar-refractivity contribution in [2.24, 2.45) is 0 Å². The molecule has 0 fully saturated rings. The van der Waals surface area contributed by atoms with Crippen LogP contribution in [0.25, 0.3) is 0 Å². The molecule has 0 aliphatic carbocycles. The van der Waals surface area contributed by atoms with E-state index >= 15 is 0 Å². The average Bonchev–Trinajstić information content (AvgIpc) is 2.62. The third-order valence-corrected chi connectivity index (χ3v) is 4.26. The Morgan fingerprint density at radius 3 is 2.27 bits per heavy atom. The Bertz CT molecular complexity index is 710. The van der Waals surface area contributed by atoms with Gasteiger partial charge in [-0.3, -0.25) is 4.79 Å². The molecule has 26 heavy (non-hydrogen) atoms. The van der Waals surface area contributed by atoms with Gasteiger partial charge in [0.25, 0.3) is 5.91 Å². The first kappa shape index (κ1) is 19.8. The normalized spacial score (nSPS) is 13.2. The van der Waals surface area contributed by atoms with E-state index in [0.29, 0.717) is 12.5 Å². The standard InChI is InChI=1S/C22H29NO3/c1-6-25-19-13-11-18(12-14-19)16(4)23-22(24)17(5)26-21-10-8-7-9-20(21)15(2)3/h7-17H,6H2,1-5H3,(H,23,24)/t16-,17+/m1/s1. The summed E-state index contributed by atoms with van der Waals surface area (Å²) in [6, 6.07) is 15.5. The van der Waals surface area contributed by atoms with Crippen molar-refractivity contribution in [3.63, 3.8) is 0 Å². The van der Waals surface area contributed by atoms with Gasteiger partial charge in [0, 0.05) is 0 Å². The zero-order chi connectivity index (χ0) is 19.1. The molecular weight excluding hydrogens is 326 g/mol. The molecule has 1 N–H and O–H groups in total. The second-order valence-corrected chi connectivity index (χ2v) is 6.68.